The van der Waals surface area contributed by atoms with Crippen LogP contribution in [0.5, 0.6) is 0 Å². The molecule has 2 unspecified atom stereocenters. The van der Waals surface area contributed by atoms with Gasteiger partial charge in [0.1, 0.15) is 6.10 Å². The molecule has 146 valence electrons. The molecule has 0 saturated carbocycles. The van der Waals surface area contributed by atoms with Gasteiger partial charge in [0, 0.05) is 25.6 Å². The van der Waals surface area contributed by atoms with Crippen molar-refractivity contribution in [1.82, 2.24) is 9.80 Å². The molecule has 5 nitrogen and oxygen atoms in total. The Morgan fingerprint density at radius 3 is 2.81 bits per heavy atom. The Morgan fingerprint density at radius 1 is 1.26 bits per heavy atom. The summed E-state index contributed by atoms with van der Waals surface area (Å²) in [7, 11) is 0. The van der Waals surface area contributed by atoms with Crippen LogP contribution in [0, 0.1) is 11.6 Å². The molecular weight excluding hydrogens is 354 g/mol. The van der Waals surface area contributed by atoms with Crippen LogP contribution in [0.1, 0.15) is 37.4 Å². The molecule has 7 heteroatoms. The summed E-state index contributed by atoms with van der Waals surface area (Å²) in [5, 5.41) is 0. The molecular formula is C20H24F2N2O3. The van der Waals surface area contributed by atoms with Crippen LogP contribution in [0.2, 0.25) is 0 Å². The zero-order valence-corrected chi connectivity index (χ0v) is 15.2. The fourth-order valence-electron chi connectivity index (χ4n) is 3.78. The number of hydrogen-bond acceptors (Lipinski definition) is 3. The molecule has 0 aliphatic carbocycles. The number of benzene rings is 1. The third-order valence-electron chi connectivity index (χ3n) is 5.26. The number of carbonyl (C=O) groups is 2. The van der Waals surface area contributed by atoms with Gasteiger partial charge >= 0.3 is 0 Å². The maximum atomic E-state index is 13.5. The minimum absolute atomic E-state index is 0.0104. The topological polar surface area (TPSA) is 49.9 Å². The largest absolute Gasteiger partial charge is 0.370 e. The Morgan fingerprint density at radius 2 is 2.07 bits per heavy atom. The summed E-state index contributed by atoms with van der Waals surface area (Å²) in [6.07, 6.45) is 3.64. The molecule has 2 aliphatic heterocycles. The summed E-state index contributed by atoms with van der Waals surface area (Å²) in [5.74, 6) is -1.93. The van der Waals surface area contributed by atoms with E-state index in [1.54, 1.807) is 9.80 Å². The van der Waals surface area contributed by atoms with Gasteiger partial charge in [0.2, 0.25) is 11.8 Å². The molecule has 1 aromatic rings. The minimum atomic E-state index is -0.923. The first kappa shape index (κ1) is 19.5. The molecule has 3 rings (SSSR count). The molecule has 0 spiro atoms. The lowest BCUT2D eigenvalue weighted by atomic mass is 10.1. The average Bonchev–Trinajstić information content (AvgIpc) is 3.16. The number of rotatable bonds is 5. The molecule has 2 amide bonds. The van der Waals surface area contributed by atoms with Crippen molar-refractivity contribution in [3.63, 3.8) is 0 Å². The van der Waals surface area contributed by atoms with Crippen molar-refractivity contribution in [2.75, 3.05) is 26.2 Å². The van der Waals surface area contributed by atoms with Gasteiger partial charge in [-0.15, -0.1) is 0 Å². The van der Waals surface area contributed by atoms with Crippen LogP contribution in [0.3, 0.4) is 0 Å². The number of morpholine rings is 1. The van der Waals surface area contributed by atoms with E-state index in [9.17, 15) is 18.4 Å². The normalized spacial score (nSPS) is 22.7. The molecule has 0 aromatic heterocycles. The maximum Gasteiger partial charge on any atom is 0.246 e. The summed E-state index contributed by atoms with van der Waals surface area (Å²) in [5.41, 5.74) is 0.518. The predicted molar refractivity (Wildman–Crippen MR) is 95.8 cm³/mol. The van der Waals surface area contributed by atoms with E-state index in [-0.39, 0.29) is 17.9 Å². The molecule has 1 aromatic carbocycles. The second-order valence-corrected chi connectivity index (χ2v) is 6.94. The van der Waals surface area contributed by atoms with Crippen LogP contribution in [0.4, 0.5) is 8.78 Å². The molecule has 2 fully saturated rings. The van der Waals surface area contributed by atoms with E-state index < -0.39 is 17.7 Å². The van der Waals surface area contributed by atoms with Gasteiger partial charge in [-0.2, -0.15) is 0 Å². The highest BCUT2D eigenvalue weighted by atomic mass is 19.2. The van der Waals surface area contributed by atoms with Crippen molar-refractivity contribution >= 4 is 11.8 Å². The number of likely N-dealkylation sites (tertiary alicyclic amines) is 1. The second-order valence-electron chi connectivity index (χ2n) is 6.94. The summed E-state index contributed by atoms with van der Waals surface area (Å²) in [6.45, 7) is 5.36. The zero-order valence-electron chi connectivity index (χ0n) is 15.2. The first-order valence-electron chi connectivity index (χ1n) is 9.27. The van der Waals surface area contributed by atoms with Crippen molar-refractivity contribution in [2.45, 2.75) is 37.8 Å². The molecule has 2 atom stereocenters. The molecule has 0 radical (unpaired) electrons. The minimum Gasteiger partial charge on any atom is -0.370 e. The van der Waals surface area contributed by atoms with E-state index in [4.69, 9.17) is 4.74 Å². The Bertz CT molecular complexity index is 725. The van der Waals surface area contributed by atoms with E-state index in [1.807, 2.05) is 0 Å². The molecule has 2 heterocycles. The summed E-state index contributed by atoms with van der Waals surface area (Å²) < 4.78 is 32.2. The first-order chi connectivity index (χ1) is 13.0. The lowest BCUT2D eigenvalue weighted by Gasteiger charge is -2.34. The molecule has 0 N–H and O–H groups in total. The molecule has 0 bridgehead atoms. The summed E-state index contributed by atoms with van der Waals surface area (Å²) in [6, 6.07) is 3.74. The van der Waals surface area contributed by atoms with Crippen LogP contribution < -0.4 is 0 Å². The molecule has 2 saturated heterocycles. The monoisotopic (exact) mass is 378 g/mol. The quantitative estimate of drug-likeness (QED) is 0.741. The number of hydrogen-bond donors (Lipinski definition) is 0. The highest BCUT2D eigenvalue weighted by Crippen LogP contribution is 2.26. The fourth-order valence-corrected chi connectivity index (χ4v) is 3.78. The van der Waals surface area contributed by atoms with Crippen LogP contribution in [-0.2, 0) is 14.3 Å². The van der Waals surface area contributed by atoms with Crippen LogP contribution >= 0.6 is 0 Å². The van der Waals surface area contributed by atoms with Crippen molar-refractivity contribution in [3.8, 4) is 0 Å². The van der Waals surface area contributed by atoms with Gasteiger partial charge in [-0.05, 0) is 43.0 Å². The van der Waals surface area contributed by atoms with E-state index in [0.717, 1.165) is 25.0 Å². The number of carbonyl (C=O) groups excluding carboxylic acids is 2. The Balaban J connectivity index is 1.56. The number of ether oxygens (including phenoxy) is 1. The van der Waals surface area contributed by atoms with Gasteiger partial charge in [0.25, 0.3) is 0 Å². The summed E-state index contributed by atoms with van der Waals surface area (Å²) in [4.78, 5) is 28.0. The average molecular weight is 378 g/mol. The van der Waals surface area contributed by atoms with Crippen molar-refractivity contribution in [3.05, 3.63) is 48.1 Å². The first-order valence-corrected chi connectivity index (χ1v) is 9.27. The summed E-state index contributed by atoms with van der Waals surface area (Å²) >= 11 is 0. The van der Waals surface area contributed by atoms with E-state index in [0.29, 0.717) is 44.6 Å². The molecule has 27 heavy (non-hydrogen) atoms. The van der Waals surface area contributed by atoms with Crippen molar-refractivity contribution in [1.29, 1.82) is 0 Å². The van der Waals surface area contributed by atoms with E-state index in [1.165, 1.54) is 12.1 Å². The Kier molecular flexibility index (Phi) is 6.21. The highest BCUT2D eigenvalue weighted by molar-refractivity contribution is 5.87. The van der Waals surface area contributed by atoms with Gasteiger partial charge in [-0.1, -0.05) is 12.6 Å². The Labute approximate surface area is 157 Å². The Hall–Kier alpha value is -2.28. The van der Waals surface area contributed by atoms with Crippen LogP contribution in [0.25, 0.3) is 0 Å². The van der Waals surface area contributed by atoms with Gasteiger partial charge < -0.3 is 14.5 Å². The third-order valence-corrected chi connectivity index (χ3v) is 5.26. The highest BCUT2D eigenvalue weighted by Gasteiger charge is 2.30. The van der Waals surface area contributed by atoms with E-state index in [2.05, 4.69) is 6.58 Å². The van der Waals surface area contributed by atoms with Gasteiger partial charge in [-0.25, -0.2) is 8.78 Å². The lowest BCUT2D eigenvalue weighted by Crippen LogP contribution is -2.43. The zero-order chi connectivity index (χ0) is 19.4. The third kappa shape index (κ3) is 4.53. The maximum absolute atomic E-state index is 13.5. The lowest BCUT2D eigenvalue weighted by molar-refractivity contribution is -0.139. The van der Waals surface area contributed by atoms with Gasteiger partial charge in [0.15, 0.2) is 11.6 Å². The number of amides is 2. The molecule has 2 aliphatic rings. The van der Waals surface area contributed by atoms with Crippen molar-refractivity contribution < 1.29 is 23.1 Å². The van der Waals surface area contributed by atoms with Gasteiger partial charge in [-0.3, -0.25) is 9.59 Å². The smallest absolute Gasteiger partial charge is 0.246 e. The number of halogens is 2. The predicted octanol–water partition coefficient (Wildman–Crippen LogP) is 2.82. The number of nitrogens with zero attached hydrogens (tertiary/aromatic N) is 2. The van der Waals surface area contributed by atoms with Crippen LogP contribution in [-0.4, -0.2) is 53.9 Å². The standard InChI is InChI=1S/C20H24F2N2O3/c1-2-19(25)24-9-3-4-15(24)6-8-20(26)23-10-11-27-18(13-23)14-5-7-16(21)17(22)12-14/h2,5,7,12,15,18H,1,3-4,6,8-11,13H2. The second kappa shape index (κ2) is 8.61. The van der Waals surface area contributed by atoms with Crippen molar-refractivity contribution in [2.24, 2.45) is 0 Å². The van der Waals surface area contributed by atoms with Gasteiger partial charge in [0.05, 0.1) is 13.2 Å². The van der Waals surface area contributed by atoms with Crippen LogP contribution in [0.15, 0.2) is 30.9 Å². The van der Waals surface area contributed by atoms with E-state index >= 15 is 0 Å². The fraction of sp³-hybridized carbons (Fsp3) is 0.500. The SMILES string of the molecule is C=CC(=O)N1CCCC1CCC(=O)N1CCOC(c2ccc(F)c(F)c2)C1.